The molecular weight excluding hydrogens is 340 g/mol. The summed E-state index contributed by atoms with van der Waals surface area (Å²) >= 11 is 0. The fourth-order valence-electron chi connectivity index (χ4n) is 2.16. The third-order valence-electron chi connectivity index (χ3n) is 3.19. The lowest BCUT2D eigenvalue weighted by Gasteiger charge is -2.19. The highest BCUT2D eigenvalue weighted by molar-refractivity contribution is 5.90. The largest absolute Gasteiger partial charge is 0.493 e. The van der Waals surface area contributed by atoms with Crippen LogP contribution in [0.25, 0.3) is 0 Å². The van der Waals surface area contributed by atoms with Crippen LogP contribution in [-0.4, -0.2) is 45.5 Å². The van der Waals surface area contributed by atoms with Gasteiger partial charge in [0.05, 0.1) is 27.0 Å². The molecule has 0 aliphatic heterocycles. The van der Waals surface area contributed by atoms with Gasteiger partial charge in [0.1, 0.15) is 5.60 Å². The molecule has 0 aliphatic rings. The molecule has 8 nitrogen and oxygen atoms in total. The van der Waals surface area contributed by atoms with E-state index in [9.17, 15) is 9.59 Å². The normalized spacial score (nSPS) is 10.7. The number of benzene rings is 1. The van der Waals surface area contributed by atoms with Gasteiger partial charge in [-0.15, -0.1) is 0 Å². The summed E-state index contributed by atoms with van der Waals surface area (Å²) in [4.78, 5) is 23.6. The number of carbonyl (C=O) groups is 2. The van der Waals surface area contributed by atoms with E-state index in [0.717, 1.165) is 0 Å². The molecule has 0 heterocycles. The molecule has 0 spiro atoms. The molecule has 0 bridgehead atoms. The zero-order valence-electron chi connectivity index (χ0n) is 16.2. The van der Waals surface area contributed by atoms with Crippen LogP contribution in [0, 0.1) is 0 Å². The summed E-state index contributed by atoms with van der Waals surface area (Å²) in [5, 5.41) is 5.37. The van der Waals surface area contributed by atoms with E-state index in [0.29, 0.717) is 35.9 Å². The number of urea groups is 1. The molecule has 1 aromatic carbocycles. The summed E-state index contributed by atoms with van der Waals surface area (Å²) in [5.74, 6) is 1.03. The number of methoxy groups -OCH3 is 3. The third-order valence-corrected chi connectivity index (χ3v) is 3.19. The number of nitrogens with one attached hydrogen (secondary N) is 2. The highest BCUT2D eigenvalue weighted by atomic mass is 16.6. The van der Waals surface area contributed by atoms with Crippen molar-refractivity contribution < 1.29 is 28.5 Å². The zero-order valence-corrected chi connectivity index (χ0v) is 16.2. The smallest absolute Gasteiger partial charge is 0.319 e. The van der Waals surface area contributed by atoms with Crippen LogP contribution in [0.2, 0.25) is 0 Å². The molecule has 2 amide bonds. The second-order valence-corrected chi connectivity index (χ2v) is 6.48. The summed E-state index contributed by atoms with van der Waals surface area (Å²) in [5.41, 5.74) is -0.0156. The van der Waals surface area contributed by atoms with Gasteiger partial charge >= 0.3 is 12.0 Å². The molecule has 0 aliphatic carbocycles. The first-order valence-electron chi connectivity index (χ1n) is 8.27. The Hall–Kier alpha value is -2.64. The summed E-state index contributed by atoms with van der Waals surface area (Å²) in [6, 6.07) is 2.85. The fourth-order valence-corrected chi connectivity index (χ4v) is 2.16. The Morgan fingerprint density at radius 1 is 1.00 bits per heavy atom. The lowest BCUT2D eigenvalue weighted by molar-refractivity contribution is -0.154. The monoisotopic (exact) mass is 368 g/mol. The molecule has 0 atom stereocenters. The number of esters is 1. The van der Waals surface area contributed by atoms with Crippen LogP contribution in [0.3, 0.4) is 0 Å². The molecular formula is C18H28N2O6. The van der Waals surface area contributed by atoms with Gasteiger partial charge in [-0.25, -0.2) is 4.79 Å². The van der Waals surface area contributed by atoms with E-state index in [2.05, 4.69) is 10.6 Å². The van der Waals surface area contributed by atoms with Gasteiger partial charge in [-0.3, -0.25) is 4.79 Å². The van der Waals surface area contributed by atoms with Gasteiger partial charge in [0.15, 0.2) is 11.5 Å². The number of anilines is 1. The van der Waals surface area contributed by atoms with Crippen LogP contribution in [0.1, 0.15) is 33.6 Å². The Morgan fingerprint density at radius 2 is 1.58 bits per heavy atom. The van der Waals surface area contributed by atoms with Gasteiger partial charge in [-0.1, -0.05) is 0 Å². The molecule has 0 fully saturated rings. The van der Waals surface area contributed by atoms with Crippen LogP contribution >= 0.6 is 0 Å². The molecule has 0 saturated carbocycles. The molecule has 0 radical (unpaired) electrons. The van der Waals surface area contributed by atoms with Gasteiger partial charge in [0, 0.05) is 25.1 Å². The van der Waals surface area contributed by atoms with Crippen LogP contribution in [-0.2, 0) is 9.53 Å². The Bertz CT molecular complexity index is 600. The molecule has 146 valence electrons. The van der Waals surface area contributed by atoms with E-state index in [4.69, 9.17) is 18.9 Å². The van der Waals surface area contributed by atoms with E-state index >= 15 is 0 Å². The van der Waals surface area contributed by atoms with Crippen molar-refractivity contribution in [3.05, 3.63) is 12.1 Å². The van der Waals surface area contributed by atoms with Gasteiger partial charge in [0.2, 0.25) is 5.75 Å². The number of carbonyl (C=O) groups excluding carboxylic acids is 2. The first kappa shape index (κ1) is 21.4. The van der Waals surface area contributed by atoms with E-state index in [-0.39, 0.29) is 12.4 Å². The summed E-state index contributed by atoms with van der Waals surface area (Å²) in [6.07, 6.45) is 0.722. The Labute approximate surface area is 154 Å². The first-order valence-corrected chi connectivity index (χ1v) is 8.27. The van der Waals surface area contributed by atoms with Crippen LogP contribution < -0.4 is 24.8 Å². The summed E-state index contributed by atoms with van der Waals surface area (Å²) in [6.45, 7) is 5.78. The van der Waals surface area contributed by atoms with Crippen LogP contribution in [0.4, 0.5) is 10.5 Å². The van der Waals surface area contributed by atoms with E-state index < -0.39 is 11.6 Å². The van der Waals surface area contributed by atoms with Crippen molar-refractivity contribution in [3.63, 3.8) is 0 Å². The maximum absolute atomic E-state index is 12.0. The summed E-state index contributed by atoms with van der Waals surface area (Å²) in [7, 11) is 4.50. The standard InChI is InChI=1S/C18H28N2O6/c1-18(2,3)26-15(21)8-7-9-19-17(22)20-12-10-13(23-4)16(25-6)14(11-12)24-5/h10-11H,7-9H2,1-6H3,(H2,19,20,22). The van der Waals surface area contributed by atoms with E-state index in [1.807, 2.05) is 20.8 Å². The minimum atomic E-state index is -0.506. The molecule has 1 aromatic rings. The fraction of sp³-hybridized carbons (Fsp3) is 0.556. The van der Waals surface area contributed by atoms with Crippen LogP contribution in [0.5, 0.6) is 17.2 Å². The molecule has 0 aromatic heterocycles. The maximum atomic E-state index is 12.0. The number of hydrogen-bond donors (Lipinski definition) is 2. The van der Waals surface area contributed by atoms with Crippen LogP contribution in [0.15, 0.2) is 12.1 Å². The van der Waals surface area contributed by atoms with E-state index in [1.54, 1.807) is 12.1 Å². The average Bonchev–Trinajstić information content (AvgIpc) is 2.56. The van der Waals surface area contributed by atoms with Crippen molar-refractivity contribution in [3.8, 4) is 17.2 Å². The Balaban J connectivity index is 2.52. The van der Waals surface area contributed by atoms with Crippen molar-refractivity contribution in [1.29, 1.82) is 0 Å². The Kier molecular flexibility index (Phi) is 8.02. The minimum absolute atomic E-state index is 0.238. The second-order valence-electron chi connectivity index (χ2n) is 6.48. The van der Waals surface area contributed by atoms with Crippen molar-refractivity contribution in [1.82, 2.24) is 5.32 Å². The van der Waals surface area contributed by atoms with Crippen molar-refractivity contribution in [2.24, 2.45) is 0 Å². The predicted molar refractivity (Wildman–Crippen MR) is 98.2 cm³/mol. The first-order chi connectivity index (χ1) is 12.2. The highest BCUT2D eigenvalue weighted by Gasteiger charge is 2.16. The third kappa shape index (κ3) is 7.08. The summed E-state index contributed by atoms with van der Waals surface area (Å²) < 4.78 is 20.9. The van der Waals surface area contributed by atoms with E-state index in [1.165, 1.54) is 21.3 Å². The van der Waals surface area contributed by atoms with Gasteiger partial charge < -0.3 is 29.6 Å². The lowest BCUT2D eigenvalue weighted by Crippen LogP contribution is -2.30. The van der Waals surface area contributed by atoms with Gasteiger partial charge in [-0.2, -0.15) is 0 Å². The lowest BCUT2D eigenvalue weighted by atomic mass is 10.2. The molecule has 2 N–H and O–H groups in total. The molecule has 8 heteroatoms. The zero-order chi connectivity index (χ0) is 19.7. The van der Waals surface area contributed by atoms with Crippen molar-refractivity contribution in [2.45, 2.75) is 39.2 Å². The number of ether oxygens (including phenoxy) is 4. The number of rotatable bonds is 8. The predicted octanol–water partition coefficient (Wildman–Crippen LogP) is 2.96. The average molecular weight is 368 g/mol. The maximum Gasteiger partial charge on any atom is 0.319 e. The van der Waals surface area contributed by atoms with Gasteiger partial charge in [-0.05, 0) is 27.2 Å². The van der Waals surface area contributed by atoms with Gasteiger partial charge in [0.25, 0.3) is 0 Å². The number of hydrogen-bond acceptors (Lipinski definition) is 6. The number of amides is 2. The minimum Gasteiger partial charge on any atom is -0.493 e. The highest BCUT2D eigenvalue weighted by Crippen LogP contribution is 2.39. The Morgan fingerprint density at radius 3 is 2.04 bits per heavy atom. The van der Waals surface area contributed by atoms with Crippen molar-refractivity contribution in [2.75, 3.05) is 33.2 Å². The molecule has 0 unspecified atom stereocenters. The SMILES string of the molecule is COc1cc(NC(=O)NCCCC(=O)OC(C)(C)C)cc(OC)c1OC. The molecule has 26 heavy (non-hydrogen) atoms. The topological polar surface area (TPSA) is 95.1 Å². The second kappa shape index (κ2) is 9.74. The molecule has 1 rings (SSSR count). The van der Waals surface area contributed by atoms with Crippen molar-refractivity contribution >= 4 is 17.7 Å². The molecule has 0 saturated heterocycles. The quantitative estimate of drug-likeness (QED) is 0.541.